The SMILES string of the molecule is Cc1cccc(CC2Oc3ccc(N)cc3N(CCO)C2=O)c1C. The van der Waals surface area contributed by atoms with Gasteiger partial charge in [0.25, 0.3) is 5.91 Å². The summed E-state index contributed by atoms with van der Waals surface area (Å²) in [6, 6.07) is 11.3. The average Bonchev–Trinajstić information content (AvgIpc) is 2.56. The molecule has 0 spiro atoms. The van der Waals surface area contributed by atoms with Crippen LogP contribution in [0.3, 0.4) is 0 Å². The van der Waals surface area contributed by atoms with Crippen LogP contribution in [0.5, 0.6) is 5.75 Å². The Hall–Kier alpha value is -2.53. The van der Waals surface area contributed by atoms with Gasteiger partial charge in [0.2, 0.25) is 0 Å². The number of ether oxygens (including phenoxy) is 1. The van der Waals surface area contributed by atoms with Gasteiger partial charge in [0.15, 0.2) is 6.10 Å². The van der Waals surface area contributed by atoms with Crippen molar-refractivity contribution >= 4 is 17.3 Å². The molecule has 2 aromatic rings. The van der Waals surface area contributed by atoms with Crippen molar-refractivity contribution in [2.24, 2.45) is 0 Å². The van der Waals surface area contributed by atoms with Gasteiger partial charge in [0.05, 0.1) is 12.3 Å². The quantitative estimate of drug-likeness (QED) is 0.845. The summed E-state index contributed by atoms with van der Waals surface area (Å²) in [5.74, 6) is 0.468. The summed E-state index contributed by atoms with van der Waals surface area (Å²) in [5.41, 5.74) is 10.5. The number of aryl methyl sites for hydroxylation is 1. The van der Waals surface area contributed by atoms with Gasteiger partial charge in [-0.05, 0) is 48.7 Å². The van der Waals surface area contributed by atoms with Gasteiger partial charge >= 0.3 is 0 Å². The molecule has 0 fully saturated rings. The fraction of sp³-hybridized carbons (Fsp3) is 0.316. The molecule has 1 amide bonds. The van der Waals surface area contributed by atoms with Crippen molar-refractivity contribution in [2.45, 2.75) is 26.4 Å². The van der Waals surface area contributed by atoms with Crippen LogP contribution >= 0.6 is 0 Å². The lowest BCUT2D eigenvalue weighted by atomic mass is 9.97. The van der Waals surface area contributed by atoms with Crippen molar-refractivity contribution in [3.8, 4) is 5.75 Å². The molecule has 0 bridgehead atoms. The van der Waals surface area contributed by atoms with Crippen LogP contribution in [0.1, 0.15) is 16.7 Å². The van der Waals surface area contributed by atoms with E-state index in [-0.39, 0.29) is 19.1 Å². The largest absolute Gasteiger partial charge is 0.478 e. The molecule has 0 aromatic heterocycles. The first-order chi connectivity index (χ1) is 11.5. The topological polar surface area (TPSA) is 75.8 Å². The first-order valence-electron chi connectivity index (χ1n) is 8.04. The van der Waals surface area contributed by atoms with E-state index in [1.54, 1.807) is 23.1 Å². The molecule has 2 aromatic carbocycles. The number of rotatable bonds is 4. The Labute approximate surface area is 141 Å². The van der Waals surface area contributed by atoms with E-state index in [4.69, 9.17) is 10.5 Å². The van der Waals surface area contributed by atoms with E-state index < -0.39 is 6.10 Å². The first kappa shape index (κ1) is 16.3. The summed E-state index contributed by atoms with van der Waals surface area (Å²) >= 11 is 0. The summed E-state index contributed by atoms with van der Waals surface area (Å²) < 4.78 is 5.95. The number of aliphatic hydroxyl groups excluding tert-OH is 1. The summed E-state index contributed by atoms with van der Waals surface area (Å²) in [7, 11) is 0. The number of anilines is 2. The predicted molar refractivity (Wildman–Crippen MR) is 94.3 cm³/mol. The molecule has 0 aliphatic carbocycles. The fourth-order valence-electron chi connectivity index (χ4n) is 3.03. The summed E-state index contributed by atoms with van der Waals surface area (Å²) in [4.78, 5) is 14.4. The Morgan fingerprint density at radius 2 is 2.04 bits per heavy atom. The Kier molecular flexibility index (Phi) is 4.44. The summed E-state index contributed by atoms with van der Waals surface area (Å²) in [6.07, 6.45) is -0.105. The number of carbonyl (C=O) groups is 1. The molecule has 1 atom stereocenters. The maximum Gasteiger partial charge on any atom is 0.268 e. The van der Waals surface area contributed by atoms with Crippen molar-refractivity contribution in [3.63, 3.8) is 0 Å². The van der Waals surface area contributed by atoms with E-state index in [1.807, 2.05) is 12.1 Å². The van der Waals surface area contributed by atoms with Crippen molar-refractivity contribution in [3.05, 3.63) is 53.1 Å². The van der Waals surface area contributed by atoms with Gasteiger partial charge in [0, 0.05) is 18.7 Å². The minimum atomic E-state index is -0.604. The van der Waals surface area contributed by atoms with E-state index >= 15 is 0 Å². The van der Waals surface area contributed by atoms with Crippen molar-refractivity contribution in [2.75, 3.05) is 23.8 Å². The Morgan fingerprint density at radius 3 is 2.79 bits per heavy atom. The van der Waals surface area contributed by atoms with Crippen molar-refractivity contribution in [1.82, 2.24) is 0 Å². The highest BCUT2D eigenvalue weighted by atomic mass is 16.5. The van der Waals surface area contributed by atoms with Gasteiger partial charge in [-0.15, -0.1) is 0 Å². The van der Waals surface area contributed by atoms with E-state index in [0.29, 0.717) is 23.5 Å². The van der Waals surface area contributed by atoms with Crippen LogP contribution in [0.15, 0.2) is 36.4 Å². The third-order valence-corrected chi connectivity index (χ3v) is 4.53. The van der Waals surface area contributed by atoms with Crippen LogP contribution in [-0.2, 0) is 11.2 Å². The lowest BCUT2D eigenvalue weighted by Gasteiger charge is -2.34. The minimum Gasteiger partial charge on any atom is -0.478 e. The van der Waals surface area contributed by atoms with Gasteiger partial charge in [-0.25, -0.2) is 0 Å². The highest BCUT2D eigenvalue weighted by molar-refractivity contribution is 6.00. The molecular formula is C19H22N2O3. The Morgan fingerprint density at radius 1 is 1.25 bits per heavy atom. The smallest absolute Gasteiger partial charge is 0.268 e. The number of nitrogens with two attached hydrogens (primary N) is 1. The third-order valence-electron chi connectivity index (χ3n) is 4.53. The molecule has 3 N–H and O–H groups in total. The van der Waals surface area contributed by atoms with Crippen LogP contribution in [0, 0.1) is 13.8 Å². The van der Waals surface area contributed by atoms with E-state index in [9.17, 15) is 9.90 Å². The molecule has 3 rings (SSSR count). The number of hydrogen-bond acceptors (Lipinski definition) is 4. The van der Waals surface area contributed by atoms with Crippen LogP contribution in [0.2, 0.25) is 0 Å². The van der Waals surface area contributed by atoms with Crippen LogP contribution in [0.25, 0.3) is 0 Å². The number of benzene rings is 2. The fourth-order valence-corrected chi connectivity index (χ4v) is 3.03. The zero-order valence-corrected chi connectivity index (χ0v) is 14.0. The number of fused-ring (bicyclic) bond motifs is 1. The monoisotopic (exact) mass is 326 g/mol. The molecule has 24 heavy (non-hydrogen) atoms. The van der Waals surface area contributed by atoms with E-state index in [1.165, 1.54) is 11.1 Å². The Balaban J connectivity index is 1.94. The summed E-state index contributed by atoms with van der Waals surface area (Å²) in [5, 5.41) is 9.32. The highest BCUT2D eigenvalue weighted by Crippen LogP contribution is 2.36. The number of nitrogens with zero attached hydrogens (tertiary/aromatic N) is 1. The van der Waals surface area contributed by atoms with E-state index in [2.05, 4.69) is 19.9 Å². The lowest BCUT2D eigenvalue weighted by molar-refractivity contribution is -0.126. The molecule has 5 heteroatoms. The molecule has 0 radical (unpaired) electrons. The molecule has 126 valence electrons. The second-order valence-corrected chi connectivity index (χ2v) is 6.11. The zero-order chi connectivity index (χ0) is 17.3. The second-order valence-electron chi connectivity index (χ2n) is 6.11. The molecule has 0 saturated heterocycles. The van der Waals surface area contributed by atoms with Crippen LogP contribution < -0.4 is 15.4 Å². The Bertz CT molecular complexity index is 773. The van der Waals surface area contributed by atoms with Gasteiger partial charge in [-0.2, -0.15) is 0 Å². The molecule has 0 saturated carbocycles. The predicted octanol–water partition coefficient (Wildman–Crippen LogP) is 2.21. The number of aliphatic hydroxyl groups is 1. The van der Waals surface area contributed by atoms with E-state index in [0.717, 1.165) is 5.56 Å². The highest BCUT2D eigenvalue weighted by Gasteiger charge is 2.34. The maximum absolute atomic E-state index is 12.8. The van der Waals surface area contributed by atoms with Gasteiger partial charge < -0.3 is 20.5 Å². The van der Waals surface area contributed by atoms with Gasteiger partial charge in [-0.1, -0.05) is 18.2 Å². The molecule has 1 heterocycles. The molecule has 5 nitrogen and oxygen atoms in total. The standard InChI is InChI=1S/C19H22N2O3/c1-12-4-3-5-14(13(12)2)10-18-19(23)21(8-9-22)16-11-15(20)6-7-17(16)24-18/h3-7,11,18,22H,8-10,20H2,1-2H3. The maximum atomic E-state index is 12.8. The number of hydrogen-bond donors (Lipinski definition) is 2. The normalized spacial score (nSPS) is 16.7. The van der Waals surface area contributed by atoms with Crippen LogP contribution in [-0.4, -0.2) is 30.3 Å². The number of nitrogen functional groups attached to an aromatic ring is 1. The third kappa shape index (κ3) is 2.95. The van der Waals surface area contributed by atoms with Gasteiger partial charge in [0.1, 0.15) is 5.75 Å². The summed E-state index contributed by atoms with van der Waals surface area (Å²) in [6.45, 7) is 4.22. The molecule has 1 aliphatic heterocycles. The zero-order valence-electron chi connectivity index (χ0n) is 14.0. The molecule has 1 aliphatic rings. The number of β-amino-alcohol motifs (C(OH)–C–C–N with tert-alkyl or cyclic N) is 1. The average molecular weight is 326 g/mol. The van der Waals surface area contributed by atoms with Crippen molar-refractivity contribution < 1.29 is 14.6 Å². The number of amides is 1. The van der Waals surface area contributed by atoms with Crippen LogP contribution in [0.4, 0.5) is 11.4 Å². The minimum absolute atomic E-state index is 0.115. The first-order valence-corrected chi connectivity index (χ1v) is 8.04. The van der Waals surface area contributed by atoms with Gasteiger partial charge in [-0.3, -0.25) is 4.79 Å². The molecule has 1 unspecified atom stereocenters. The van der Waals surface area contributed by atoms with Crippen molar-refractivity contribution in [1.29, 1.82) is 0 Å². The number of carbonyl (C=O) groups excluding carboxylic acids is 1. The lowest BCUT2D eigenvalue weighted by Crippen LogP contribution is -2.48. The molecular weight excluding hydrogens is 304 g/mol. The second kappa shape index (κ2) is 6.53.